The third kappa shape index (κ3) is 4.86. The van der Waals surface area contributed by atoms with Crippen molar-refractivity contribution in [3.05, 3.63) is 89.8 Å². The summed E-state index contributed by atoms with van der Waals surface area (Å²) in [6.07, 6.45) is 2.73. The summed E-state index contributed by atoms with van der Waals surface area (Å²) in [6.45, 7) is 4.15. The molecule has 2 heterocycles. The number of rotatable bonds is 6. The second kappa shape index (κ2) is 10.1. The van der Waals surface area contributed by atoms with Crippen molar-refractivity contribution < 1.29 is 9.15 Å². The van der Waals surface area contributed by atoms with Crippen molar-refractivity contribution in [1.29, 1.82) is 0 Å². The first-order valence-corrected chi connectivity index (χ1v) is 13.3. The van der Waals surface area contributed by atoms with Gasteiger partial charge < -0.3 is 9.15 Å². The number of furan rings is 1. The topological polar surface area (TPSA) is 69.6 Å². The normalized spacial score (nSPS) is 12.6. The van der Waals surface area contributed by atoms with E-state index in [1.54, 1.807) is 12.3 Å². The van der Waals surface area contributed by atoms with E-state index < -0.39 is 0 Å². The number of fused-ring (bicyclic) bond motifs is 2. The molecule has 3 aromatic carbocycles. The Balaban J connectivity index is 1.63. The Hall–Kier alpha value is -2.73. The van der Waals surface area contributed by atoms with Gasteiger partial charge in [0.25, 0.3) is 5.56 Å². The van der Waals surface area contributed by atoms with E-state index in [0.717, 1.165) is 35.8 Å². The second-order valence-corrected chi connectivity index (χ2v) is 10.4. The van der Waals surface area contributed by atoms with E-state index in [4.69, 9.17) is 14.1 Å². The average Bonchev–Trinajstić information content (AvgIpc) is 3.29. The highest BCUT2D eigenvalue weighted by Gasteiger charge is 2.17. The third-order valence-electron chi connectivity index (χ3n) is 5.64. The van der Waals surface area contributed by atoms with Crippen LogP contribution in [0.2, 0.25) is 0 Å². The number of halogens is 2. The van der Waals surface area contributed by atoms with Crippen molar-refractivity contribution in [2.45, 2.75) is 26.4 Å². The molecule has 0 saturated carbocycles. The molecule has 5 rings (SSSR count). The molecule has 176 valence electrons. The zero-order valence-corrected chi connectivity index (χ0v) is 23.3. The number of hydrogen-bond donors (Lipinski definition) is 0. The van der Waals surface area contributed by atoms with E-state index in [1.807, 2.05) is 60.7 Å². The SMILES string of the molecule is CC[C@@H](C)Oc1c(I)cc(C=Nn2c(-c3cc4ccccc4o3)nc3ccccc3c2=O)cc1I. The summed E-state index contributed by atoms with van der Waals surface area (Å²) in [5.74, 6) is 1.69. The fourth-order valence-electron chi connectivity index (χ4n) is 3.66. The second-order valence-electron chi connectivity index (χ2n) is 8.11. The van der Waals surface area contributed by atoms with Crippen molar-refractivity contribution in [3.63, 3.8) is 0 Å². The zero-order valence-electron chi connectivity index (χ0n) is 19.0. The van der Waals surface area contributed by atoms with E-state index in [-0.39, 0.29) is 11.7 Å². The monoisotopic (exact) mass is 689 g/mol. The Morgan fingerprint density at radius 3 is 2.54 bits per heavy atom. The molecule has 0 amide bonds. The lowest BCUT2D eigenvalue weighted by Crippen LogP contribution is -2.20. The van der Waals surface area contributed by atoms with Gasteiger partial charge in [0.05, 0.1) is 30.4 Å². The molecule has 0 saturated heterocycles. The lowest BCUT2D eigenvalue weighted by Gasteiger charge is -2.16. The molecule has 0 aliphatic heterocycles. The Morgan fingerprint density at radius 1 is 1.09 bits per heavy atom. The summed E-state index contributed by atoms with van der Waals surface area (Å²) < 4.78 is 15.4. The van der Waals surface area contributed by atoms with E-state index >= 15 is 0 Å². The van der Waals surface area contributed by atoms with Crippen LogP contribution < -0.4 is 10.3 Å². The first-order valence-electron chi connectivity index (χ1n) is 11.2. The summed E-state index contributed by atoms with van der Waals surface area (Å²) in [4.78, 5) is 18.2. The van der Waals surface area contributed by atoms with Crippen molar-refractivity contribution >= 4 is 73.3 Å². The molecule has 0 radical (unpaired) electrons. The van der Waals surface area contributed by atoms with Gasteiger partial charge in [0.2, 0.25) is 5.82 Å². The predicted octanol–water partition coefficient (Wildman–Crippen LogP) is 7.08. The zero-order chi connectivity index (χ0) is 24.5. The highest BCUT2D eigenvalue weighted by Crippen LogP contribution is 2.30. The Kier molecular flexibility index (Phi) is 6.92. The van der Waals surface area contributed by atoms with Crippen LogP contribution >= 0.6 is 45.2 Å². The minimum atomic E-state index is -0.261. The van der Waals surface area contributed by atoms with Crippen LogP contribution in [0.15, 0.2) is 81.0 Å². The molecule has 6 nitrogen and oxygen atoms in total. The molecule has 0 fully saturated rings. The van der Waals surface area contributed by atoms with Crippen molar-refractivity contribution in [1.82, 2.24) is 9.66 Å². The molecule has 5 aromatic rings. The van der Waals surface area contributed by atoms with Crippen molar-refractivity contribution in [2.75, 3.05) is 0 Å². The van der Waals surface area contributed by atoms with Gasteiger partial charge in [0.1, 0.15) is 11.3 Å². The van der Waals surface area contributed by atoms with Gasteiger partial charge in [-0.3, -0.25) is 4.79 Å². The summed E-state index contributed by atoms with van der Waals surface area (Å²) >= 11 is 4.54. The Labute approximate surface area is 229 Å². The highest BCUT2D eigenvalue weighted by atomic mass is 127. The number of nitrogens with zero attached hydrogens (tertiary/aromatic N) is 3. The lowest BCUT2D eigenvalue weighted by atomic mass is 10.2. The maximum atomic E-state index is 13.4. The van der Waals surface area contributed by atoms with Gasteiger partial charge in [0.15, 0.2) is 5.76 Å². The Bertz CT molecular complexity index is 1580. The molecule has 0 bridgehead atoms. The number of hydrogen-bond acceptors (Lipinski definition) is 5. The number of aromatic nitrogens is 2. The maximum absolute atomic E-state index is 13.4. The number of benzene rings is 3. The maximum Gasteiger partial charge on any atom is 0.282 e. The lowest BCUT2D eigenvalue weighted by molar-refractivity contribution is 0.214. The highest BCUT2D eigenvalue weighted by molar-refractivity contribution is 14.1. The Morgan fingerprint density at radius 2 is 1.80 bits per heavy atom. The predicted molar refractivity (Wildman–Crippen MR) is 156 cm³/mol. The van der Waals surface area contributed by atoms with Gasteiger partial charge in [-0.05, 0) is 100 Å². The van der Waals surface area contributed by atoms with Crippen LogP contribution in [0.3, 0.4) is 0 Å². The molecule has 0 spiro atoms. The fraction of sp³-hybridized carbons (Fsp3) is 0.148. The molecule has 0 aliphatic carbocycles. The van der Waals surface area contributed by atoms with Gasteiger partial charge in [-0.1, -0.05) is 37.3 Å². The van der Waals surface area contributed by atoms with Crippen LogP contribution in [0.5, 0.6) is 5.75 Å². The number of ether oxygens (including phenoxy) is 1. The molecule has 8 heteroatoms. The molecule has 0 unspecified atom stereocenters. The fourth-order valence-corrected chi connectivity index (χ4v) is 5.73. The van der Waals surface area contributed by atoms with E-state index in [0.29, 0.717) is 22.5 Å². The smallest absolute Gasteiger partial charge is 0.282 e. The van der Waals surface area contributed by atoms with Crippen LogP contribution in [0.1, 0.15) is 25.8 Å². The van der Waals surface area contributed by atoms with E-state index in [9.17, 15) is 4.79 Å². The molecule has 1 atom stereocenters. The van der Waals surface area contributed by atoms with Crippen LogP contribution in [-0.4, -0.2) is 22.0 Å². The molecule has 0 aliphatic rings. The van der Waals surface area contributed by atoms with Crippen LogP contribution in [0.25, 0.3) is 33.5 Å². The van der Waals surface area contributed by atoms with Crippen molar-refractivity contribution in [2.24, 2.45) is 5.10 Å². The molecule has 2 aromatic heterocycles. The van der Waals surface area contributed by atoms with Crippen LogP contribution in [-0.2, 0) is 0 Å². The van der Waals surface area contributed by atoms with Gasteiger partial charge in [-0.2, -0.15) is 9.78 Å². The van der Waals surface area contributed by atoms with E-state index in [2.05, 4.69) is 64.1 Å². The molecular weight excluding hydrogens is 668 g/mol. The summed E-state index contributed by atoms with van der Waals surface area (Å²) in [5.41, 5.74) is 1.91. The van der Waals surface area contributed by atoms with Gasteiger partial charge in [-0.15, -0.1) is 0 Å². The van der Waals surface area contributed by atoms with Crippen LogP contribution in [0, 0.1) is 7.14 Å². The first kappa shape index (κ1) is 24.0. The summed E-state index contributed by atoms with van der Waals surface area (Å²) in [5, 5.41) is 5.99. The average molecular weight is 689 g/mol. The number of para-hydroxylation sites is 2. The summed E-state index contributed by atoms with van der Waals surface area (Å²) in [6, 6.07) is 20.8. The standard InChI is InChI=1S/C27H21I2N3O3/c1-3-16(2)34-25-20(28)12-17(13-21(25)29)15-30-32-26(24-14-18-8-4-7-11-23(18)35-24)31-22-10-6-5-9-19(22)27(32)33/h4-16H,3H2,1-2H3/t16-/m1/s1. The molecule has 35 heavy (non-hydrogen) atoms. The quantitative estimate of drug-likeness (QED) is 0.141. The largest absolute Gasteiger partial charge is 0.489 e. The van der Waals surface area contributed by atoms with Gasteiger partial charge >= 0.3 is 0 Å². The van der Waals surface area contributed by atoms with Crippen molar-refractivity contribution in [3.8, 4) is 17.3 Å². The minimum Gasteiger partial charge on any atom is -0.489 e. The van der Waals surface area contributed by atoms with Gasteiger partial charge in [-0.25, -0.2) is 4.98 Å². The first-order chi connectivity index (χ1) is 16.9. The van der Waals surface area contributed by atoms with E-state index in [1.165, 1.54) is 4.68 Å². The van der Waals surface area contributed by atoms with Gasteiger partial charge in [0, 0.05) is 5.39 Å². The molecule has 0 N–H and O–H groups in total. The van der Waals surface area contributed by atoms with Crippen LogP contribution in [0.4, 0.5) is 0 Å². The third-order valence-corrected chi connectivity index (χ3v) is 7.24. The molecular formula is C27H21I2N3O3. The minimum absolute atomic E-state index is 0.130. The summed E-state index contributed by atoms with van der Waals surface area (Å²) in [7, 11) is 0.